The monoisotopic (exact) mass is 378 g/mol. The molecule has 1 atom stereocenters. The second kappa shape index (κ2) is 7.94. The number of anilines is 2. The first-order chi connectivity index (χ1) is 12.9. The topological polar surface area (TPSA) is 58.1 Å². The Kier molecular flexibility index (Phi) is 5.62. The van der Waals surface area contributed by atoms with Crippen molar-refractivity contribution in [3.05, 3.63) is 47.8 Å². The molecule has 5 nitrogen and oxygen atoms in total. The zero-order chi connectivity index (χ0) is 19.4. The van der Waals surface area contributed by atoms with Gasteiger partial charge in [0, 0.05) is 30.7 Å². The summed E-state index contributed by atoms with van der Waals surface area (Å²) in [7, 11) is 0. The number of benzene rings is 1. The molecule has 1 aromatic heterocycles. The summed E-state index contributed by atoms with van der Waals surface area (Å²) in [6.45, 7) is 3.01. The predicted octanol–water partition coefficient (Wildman–Crippen LogP) is 4.52. The predicted molar refractivity (Wildman–Crippen MR) is 96.7 cm³/mol. The van der Waals surface area contributed by atoms with E-state index in [4.69, 9.17) is 0 Å². The molecule has 1 amide bonds. The van der Waals surface area contributed by atoms with Gasteiger partial charge < -0.3 is 10.2 Å². The summed E-state index contributed by atoms with van der Waals surface area (Å²) in [4.78, 5) is 23.0. The van der Waals surface area contributed by atoms with E-state index in [1.165, 1.54) is 30.9 Å². The maximum absolute atomic E-state index is 12.8. The number of nitrogens with zero attached hydrogens (tertiary/aromatic N) is 3. The van der Waals surface area contributed by atoms with Crippen molar-refractivity contribution in [1.82, 2.24) is 9.97 Å². The molecule has 2 heterocycles. The first-order valence-electron chi connectivity index (χ1n) is 8.96. The number of hydrogen-bond acceptors (Lipinski definition) is 4. The summed E-state index contributed by atoms with van der Waals surface area (Å²) < 4.78 is 38.3. The zero-order valence-electron chi connectivity index (χ0n) is 15.0. The van der Waals surface area contributed by atoms with Crippen LogP contribution in [0.3, 0.4) is 0 Å². The third-order valence-electron chi connectivity index (χ3n) is 4.70. The number of piperidine rings is 1. The number of nitrogens with one attached hydrogen (secondary N) is 1. The van der Waals surface area contributed by atoms with Crippen molar-refractivity contribution in [2.45, 2.75) is 44.8 Å². The van der Waals surface area contributed by atoms with Crippen LogP contribution in [-0.2, 0) is 6.18 Å². The van der Waals surface area contributed by atoms with Crippen molar-refractivity contribution >= 4 is 17.5 Å². The Balaban J connectivity index is 1.71. The fourth-order valence-electron chi connectivity index (χ4n) is 3.25. The van der Waals surface area contributed by atoms with Gasteiger partial charge in [-0.25, -0.2) is 9.97 Å². The van der Waals surface area contributed by atoms with Crippen LogP contribution in [0.15, 0.2) is 36.7 Å². The summed E-state index contributed by atoms with van der Waals surface area (Å²) >= 11 is 0. The van der Waals surface area contributed by atoms with Crippen molar-refractivity contribution < 1.29 is 18.0 Å². The van der Waals surface area contributed by atoms with Gasteiger partial charge in [0.05, 0.1) is 11.1 Å². The molecule has 1 saturated heterocycles. The largest absolute Gasteiger partial charge is 0.416 e. The Labute approximate surface area is 155 Å². The molecule has 1 unspecified atom stereocenters. The molecule has 1 aliphatic heterocycles. The van der Waals surface area contributed by atoms with Crippen LogP contribution in [0.4, 0.5) is 24.8 Å². The number of alkyl halides is 3. The summed E-state index contributed by atoms with van der Waals surface area (Å²) in [5.41, 5.74) is -0.551. The molecule has 144 valence electrons. The number of aromatic nitrogens is 2. The molecule has 8 heteroatoms. The van der Waals surface area contributed by atoms with Crippen molar-refractivity contribution in [2.75, 3.05) is 16.8 Å². The van der Waals surface area contributed by atoms with Crippen molar-refractivity contribution in [2.24, 2.45) is 0 Å². The molecule has 0 radical (unpaired) electrons. The molecule has 2 aromatic rings. The van der Waals surface area contributed by atoms with E-state index in [2.05, 4.69) is 27.1 Å². The summed E-state index contributed by atoms with van der Waals surface area (Å²) in [5.74, 6) is 0.0312. The first-order valence-corrected chi connectivity index (χ1v) is 8.96. The van der Waals surface area contributed by atoms with Gasteiger partial charge in [-0.15, -0.1) is 0 Å². The van der Waals surface area contributed by atoms with E-state index in [0.29, 0.717) is 12.0 Å². The Hall–Kier alpha value is -2.64. The van der Waals surface area contributed by atoms with E-state index < -0.39 is 17.6 Å². The molecular weight excluding hydrogens is 357 g/mol. The first kappa shape index (κ1) is 19.1. The summed E-state index contributed by atoms with van der Waals surface area (Å²) in [5, 5.41) is 2.46. The van der Waals surface area contributed by atoms with Gasteiger partial charge in [-0.1, -0.05) is 13.0 Å². The highest BCUT2D eigenvalue weighted by Crippen LogP contribution is 2.30. The van der Waals surface area contributed by atoms with Gasteiger partial charge in [0.25, 0.3) is 5.91 Å². The Morgan fingerprint density at radius 2 is 2.00 bits per heavy atom. The van der Waals surface area contributed by atoms with Gasteiger partial charge >= 0.3 is 6.18 Å². The minimum atomic E-state index is -4.46. The SMILES string of the molecule is CCC1CCCCN1c1ncc(C(=O)Nc2cccc(C(F)(F)F)c2)cn1. The van der Waals surface area contributed by atoms with Gasteiger partial charge in [0.2, 0.25) is 5.95 Å². The summed E-state index contributed by atoms with van der Waals surface area (Å²) in [6.07, 6.45) is 2.72. The van der Waals surface area contributed by atoms with Crippen LogP contribution in [0.2, 0.25) is 0 Å². The lowest BCUT2D eigenvalue weighted by molar-refractivity contribution is -0.137. The molecule has 0 spiro atoms. The number of amides is 1. The standard InChI is InChI=1S/C19H21F3N4O/c1-2-16-8-3-4-9-26(16)18-23-11-13(12-24-18)17(27)25-15-7-5-6-14(10-15)19(20,21)22/h5-7,10-12,16H,2-4,8-9H2,1H3,(H,25,27). The second-order valence-electron chi connectivity index (χ2n) is 6.56. The van der Waals surface area contributed by atoms with Crippen LogP contribution < -0.4 is 10.2 Å². The molecule has 1 fully saturated rings. The molecule has 0 bridgehead atoms. The van der Waals surface area contributed by atoms with Crippen LogP contribution >= 0.6 is 0 Å². The van der Waals surface area contributed by atoms with Crippen molar-refractivity contribution in [3.63, 3.8) is 0 Å². The normalized spacial score (nSPS) is 17.6. The maximum Gasteiger partial charge on any atom is 0.416 e. The molecule has 3 rings (SSSR count). The van der Waals surface area contributed by atoms with Crippen LogP contribution in [0.5, 0.6) is 0 Å². The van der Waals surface area contributed by atoms with Crippen molar-refractivity contribution in [1.29, 1.82) is 0 Å². The smallest absolute Gasteiger partial charge is 0.338 e. The molecule has 1 aliphatic rings. The minimum absolute atomic E-state index is 0.0704. The van der Waals surface area contributed by atoms with E-state index in [-0.39, 0.29) is 11.3 Å². The van der Waals surface area contributed by atoms with Crippen LogP contribution in [-0.4, -0.2) is 28.5 Å². The summed E-state index contributed by atoms with van der Waals surface area (Å²) in [6, 6.07) is 4.90. The Morgan fingerprint density at radius 1 is 1.26 bits per heavy atom. The van der Waals surface area contributed by atoms with Gasteiger partial charge in [-0.05, 0) is 43.9 Å². The fraction of sp³-hybridized carbons (Fsp3) is 0.421. The molecule has 27 heavy (non-hydrogen) atoms. The molecule has 1 N–H and O–H groups in total. The lowest BCUT2D eigenvalue weighted by atomic mass is 10.0. The van der Waals surface area contributed by atoms with E-state index in [0.717, 1.165) is 37.9 Å². The fourth-order valence-corrected chi connectivity index (χ4v) is 3.25. The quantitative estimate of drug-likeness (QED) is 0.850. The Bertz CT molecular complexity index is 792. The lowest BCUT2D eigenvalue weighted by Gasteiger charge is -2.35. The number of hydrogen-bond donors (Lipinski definition) is 1. The van der Waals surface area contributed by atoms with E-state index in [1.807, 2.05) is 0 Å². The molecule has 0 aliphatic carbocycles. The molecule has 1 aromatic carbocycles. The highest BCUT2D eigenvalue weighted by Gasteiger charge is 2.30. The average molecular weight is 378 g/mol. The third kappa shape index (κ3) is 4.56. The zero-order valence-corrected chi connectivity index (χ0v) is 15.0. The highest BCUT2D eigenvalue weighted by atomic mass is 19.4. The minimum Gasteiger partial charge on any atom is -0.338 e. The number of rotatable bonds is 4. The second-order valence-corrected chi connectivity index (χ2v) is 6.56. The van der Waals surface area contributed by atoms with E-state index >= 15 is 0 Å². The van der Waals surface area contributed by atoms with Crippen LogP contribution in [0.25, 0.3) is 0 Å². The van der Waals surface area contributed by atoms with E-state index in [1.54, 1.807) is 0 Å². The van der Waals surface area contributed by atoms with Gasteiger partial charge in [-0.2, -0.15) is 13.2 Å². The van der Waals surface area contributed by atoms with Crippen molar-refractivity contribution in [3.8, 4) is 0 Å². The molecular formula is C19H21F3N4O. The van der Waals surface area contributed by atoms with Gasteiger partial charge in [0.15, 0.2) is 0 Å². The van der Waals surface area contributed by atoms with Crippen LogP contribution in [0.1, 0.15) is 48.5 Å². The average Bonchev–Trinajstić information content (AvgIpc) is 2.67. The van der Waals surface area contributed by atoms with Gasteiger partial charge in [-0.3, -0.25) is 4.79 Å². The van der Waals surface area contributed by atoms with Gasteiger partial charge in [0.1, 0.15) is 0 Å². The molecule has 0 saturated carbocycles. The third-order valence-corrected chi connectivity index (χ3v) is 4.70. The number of halogens is 3. The highest BCUT2D eigenvalue weighted by molar-refractivity contribution is 6.03. The number of carbonyl (C=O) groups is 1. The lowest BCUT2D eigenvalue weighted by Crippen LogP contribution is -2.40. The number of carbonyl (C=O) groups excluding carboxylic acids is 1. The maximum atomic E-state index is 12.8. The van der Waals surface area contributed by atoms with E-state index in [9.17, 15) is 18.0 Å². The Morgan fingerprint density at radius 3 is 2.67 bits per heavy atom. The van der Waals surface area contributed by atoms with Crippen LogP contribution in [0, 0.1) is 0 Å².